The van der Waals surface area contributed by atoms with Crippen LogP contribution in [0.3, 0.4) is 0 Å². The Labute approximate surface area is 202 Å². The topological polar surface area (TPSA) is 105 Å². The first-order chi connectivity index (χ1) is 16.5. The quantitative estimate of drug-likeness (QED) is 0.434. The van der Waals surface area contributed by atoms with E-state index in [0.29, 0.717) is 42.5 Å². The van der Waals surface area contributed by atoms with Crippen LogP contribution >= 0.6 is 11.6 Å². The van der Waals surface area contributed by atoms with Gasteiger partial charge in [0.05, 0.1) is 40.4 Å². The molecule has 1 aromatic carbocycles. The molecule has 0 spiro atoms. The van der Waals surface area contributed by atoms with Gasteiger partial charge in [0, 0.05) is 24.7 Å². The second kappa shape index (κ2) is 9.78. The van der Waals surface area contributed by atoms with Crippen LogP contribution in [0, 0.1) is 5.92 Å². The molecule has 0 saturated carbocycles. The largest absolute Gasteiger partial charge is 0.481 e. The lowest BCUT2D eigenvalue weighted by Crippen LogP contribution is -2.16. The Morgan fingerprint density at radius 3 is 2.74 bits per heavy atom. The number of fused-ring (bicyclic) bond motifs is 1. The van der Waals surface area contributed by atoms with E-state index < -0.39 is 5.97 Å². The van der Waals surface area contributed by atoms with Crippen molar-refractivity contribution in [1.29, 1.82) is 0 Å². The van der Waals surface area contributed by atoms with Gasteiger partial charge < -0.3 is 24.7 Å². The minimum atomic E-state index is -0.720. The first kappa shape index (κ1) is 22.9. The first-order valence-corrected chi connectivity index (χ1v) is 12.0. The van der Waals surface area contributed by atoms with Crippen LogP contribution in [0.15, 0.2) is 42.5 Å². The van der Waals surface area contributed by atoms with E-state index in [1.807, 2.05) is 42.5 Å². The Hall–Kier alpha value is -2.87. The van der Waals surface area contributed by atoms with Gasteiger partial charge in [-0.2, -0.15) is 0 Å². The Bertz CT molecular complexity index is 1220. The Balaban J connectivity index is 1.32. The van der Waals surface area contributed by atoms with Crippen molar-refractivity contribution in [3.63, 3.8) is 0 Å². The van der Waals surface area contributed by atoms with E-state index in [4.69, 9.17) is 31.2 Å². The normalized spacial score (nSPS) is 22.6. The number of ether oxygens (including phenoxy) is 2. The molecule has 1 aliphatic carbocycles. The van der Waals surface area contributed by atoms with Gasteiger partial charge in [-0.25, -0.2) is 4.98 Å². The number of hydrogen-bond acceptors (Lipinski definition) is 5. The molecule has 3 aromatic rings. The molecule has 1 unspecified atom stereocenters. The highest BCUT2D eigenvalue weighted by Gasteiger charge is 2.27. The third kappa shape index (κ3) is 4.82. The van der Waals surface area contributed by atoms with Crippen LogP contribution in [0.1, 0.15) is 37.7 Å². The van der Waals surface area contributed by atoms with Crippen LogP contribution in [0.4, 0.5) is 0 Å². The third-order valence-electron chi connectivity index (χ3n) is 6.61. The SMILES string of the molecule is O=C(O)C1CC=C(c2ccc(-c3nc4cc(O[C@@H]5CO[C@H](CCO)C5)[nH]c4cc3Cl)cc2)CC1. The summed E-state index contributed by atoms with van der Waals surface area (Å²) in [6, 6.07) is 11.8. The standard InChI is InChI=1S/C26H27ClN2O5/c27-21-12-22-23(13-24(28-22)34-20-11-19(9-10-30)33-14-20)29-25(21)17-5-1-15(2-6-17)16-3-7-18(8-4-16)26(31)32/h1-3,5-6,12-13,18-20,28,30H,4,7-11,14H2,(H,31,32)/t18?,19-,20+/m1/s1. The number of pyridine rings is 1. The lowest BCUT2D eigenvalue weighted by Gasteiger charge is -2.19. The molecule has 7 nitrogen and oxygen atoms in total. The Kier molecular flexibility index (Phi) is 6.59. The third-order valence-corrected chi connectivity index (χ3v) is 6.90. The Morgan fingerprint density at radius 2 is 2.03 bits per heavy atom. The van der Waals surface area contributed by atoms with Crippen LogP contribution < -0.4 is 4.74 Å². The zero-order valence-electron chi connectivity index (χ0n) is 18.7. The minimum absolute atomic E-state index is 0.0319. The first-order valence-electron chi connectivity index (χ1n) is 11.6. The van der Waals surface area contributed by atoms with Crippen molar-refractivity contribution >= 4 is 34.2 Å². The van der Waals surface area contributed by atoms with Gasteiger partial charge in [-0.1, -0.05) is 41.9 Å². The summed E-state index contributed by atoms with van der Waals surface area (Å²) >= 11 is 6.57. The van der Waals surface area contributed by atoms with Gasteiger partial charge in [0.2, 0.25) is 0 Å². The van der Waals surface area contributed by atoms with Gasteiger partial charge >= 0.3 is 5.97 Å². The van der Waals surface area contributed by atoms with Crippen LogP contribution in [0.25, 0.3) is 27.9 Å². The maximum Gasteiger partial charge on any atom is 0.306 e. The zero-order valence-corrected chi connectivity index (χ0v) is 19.4. The fourth-order valence-corrected chi connectivity index (χ4v) is 4.98. The number of hydrogen-bond donors (Lipinski definition) is 3. The summed E-state index contributed by atoms with van der Waals surface area (Å²) < 4.78 is 11.7. The monoisotopic (exact) mass is 482 g/mol. The van der Waals surface area contributed by atoms with E-state index in [2.05, 4.69) is 4.98 Å². The van der Waals surface area contributed by atoms with Gasteiger partial charge in [-0.05, 0) is 42.9 Å². The molecule has 5 rings (SSSR count). The molecule has 0 amide bonds. The number of nitrogens with zero attached hydrogens (tertiary/aromatic N) is 1. The van der Waals surface area contributed by atoms with Gasteiger partial charge in [-0.3, -0.25) is 4.79 Å². The van der Waals surface area contributed by atoms with Crippen molar-refractivity contribution in [2.24, 2.45) is 5.92 Å². The number of aliphatic hydroxyl groups excluding tert-OH is 1. The number of carbonyl (C=O) groups is 1. The molecule has 3 heterocycles. The van der Waals surface area contributed by atoms with Crippen molar-refractivity contribution in [1.82, 2.24) is 9.97 Å². The lowest BCUT2D eigenvalue weighted by molar-refractivity contribution is -0.141. The second-order valence-corrected chi connectivity index (χ2v) is 9.35. The predicted molar refractivity (Wildman–Crippen MR) is 130 cm³/mol. The van der Waals surface area contributed by atoms with Crippen LogP contribution in [-0.2, 0) is 9.53 Å². The average Bonchev–Trinajstić information content (AvgIpc) is 3.45. The van der Waals surface area contributed by atoms with Crippen molar-refractivity contribution in [2.75, 3.05) is 13.2 Å². The summed E-state index contributed by atoms with van der Waals surface area (Å²) in [7, 11) is 0. The van der Waals surface area contributed by atoms with Gasteiger partial charge in [0.25, 0.3) is 0 Å². The second-order valence-electron chi connectivity index (χ2n) is 8.94. The molecule has 0 radical (unpaired) electrons. The molecule has 1 saturated heterocycles. The molecular weight excluding hydrogens is 456 g/mol. The molecule has 1 aliphatic heterocycles. The summed E-state index contributed by atoms with van der Waals surface area (Å²) in [5.74, 6) is -0.383. The smallest absolute Gasteiger partial charge is 0.306 e. The maximum absolute atomic E-state index is 11.2. The van der Waals surface area contributed by atoms with Crippen molar-refractivity contribution in [2.45, 2.75) is 44.3 Å². The van der Waals surface area contributed by atoms with Crippen LogP contribution in [0.5, 0.6) is 5.88 Å². The summed E-state index contributed by atoms with van der Waals surface area (Å²) in [5.41, 5.74) is 5.45. The molecule has 8 heteroatoms. The van der Waals surface area contributed by atoms with E-state index >= 15 is 0 Å². The van der Waals surface area contributed by atoms with Gasteiger partial charge in [0.1, 0.15) is 6.10 Å². The number of benzene rings is 1. The fraction of sp³-hybridized carbons (Fsp3) is 0.385. The highest BCUT2D eigenvalue weighted by molar-refractivity contribution is 6.33. The highest BCUT2D eigenvalue weighted by Crippen LogP contribution is 2.34. The van der Waals surface area contributed by atoms with Crippen molar-refractivity contribution in [3.8, 4) is 17.1 Å². The number of aromatic nitrogens is 2. The maximum atomic E-state index is 11.2. The van der Waals surface area contributed by atoms with E-state index in [0.717, 1.165) is 35.0 Å². The summed E-state index contributed by atoms with van der Waals surface area (Å²) in [6.45, 7) is 0.609. The predicted octanol–water partition coefficient (Wildman–Crippen LogP) is 5.07. The zero-order chi connectivity index (χ0) is 23.7. The van der Waals surface area contributed by atoms with Crippen LogP contribution in [-0.4, -0.2) is 51.6 Å². The average molecular weight is 483 g/mol. The number of aromatic amines is 1. The fourth-order valence-electron chi connectivity index (χ4n) is 4.71. The van der Waals surface area contributed by atoms with Crippen molar-refractivity contribution in [3.05, 3.63) is 53.1 Å². The van der Waals surface area contributed by atoms with E-state index in [-0.39, 0.29) is 24.7 Å². The number of H-pyrrole nitrogens is 1. The van der Waals surface area contributed by atoms with Gasteiger partial charge in [-0.15, -0.1) is 0 Å². The summed E-state index contributed by atoms with van der Waals surface area (Å²) in [5, 5.41) is 18.8. The number of aliphatic carboxylic acids is 1. The number of aliphatic hydroxyl groups is 1. The minimum Gasteiger partial charge on any atom is -0.481 e. The molecule has 1 fully saturated rings. The van der Waals surface area contributed by atoms with Crippen LogP contribution in [0.2, 0.25) is 5.02 Å². The lowest BCUT2D eigenvalue weighted by atomic mass is 9.86. The molecule has 0 bridgehead atoms. The van der Waals surface area contributed by atoms with Crippen molar-refractivity contribution < 1.29 is 24.5 Å². The number of carboxylic acids is 1. The van der Waals surface area contributed by atoms with Gasteiger partial charge in [0.15, 0.2) is 5.88 Å². The van der Waals surface area contributed by atoms with E-state index in [1.54, 1.807) is 0 Å². The molecule has 3 N–H and O–H groups in total. The molecule has 2 aromatic heterocycles. The molecular formula is C26H27ClN2O5. The summed E-state index contributed by atoms with van der Waals surface area (Å²) in [6.07, 6.45) is 5.37. The van der Waals surface area contributed by atoms with E-state index in [9.17, 15) is 9.90 Å². The Morgan fingerprint density at radius 1 is 1.24 bits per heavy atom. The number of rotatable bonds is 7. The van der Waals surface area contributed by atoms with E-state index in [1.165, 1.54) is 5.57 Å². The number of carboxylic acid groups (broad SMARTS) is 1. The number of nitrogens with one attached hydrogen (secondary N) is 1. The molecule has 3 atom stereocenters. The molecule has 2 aliphatic rings. The number of halogens is 1. The highest BCUT2D eigenvalue weighted by atomic mass is 35.5. The summed E-state index contributed by atoms with van der Waals surface area (Å²) in [4.78, 5) is 19.2. The molecule has 34 heavy (non-hydrogen) atoms. The molecule has 178 valence electrons. The number of allylic oxidation sites excluding steroid dienone is 2.